The molecule has 4 nitrogen and oxygen atoms in total. The molecule has 0 aromatic heterocycles. The van der Waals surface area contributed by atoms with Crippen molar-refractivity contribution in [3.63, 3.8) is 0 Å². The van der Waals surface area contributed by atoms with Gasteiger partial charge in [0.1, 0.15) is 5.83 Å². The van der Waals surface area contributed by atoms with E-state index >= 15 is 0 Å². The number of hydrogen-bond acceptors (Lipinski definition) is 4. The fourth-order valence-electron chi connectivity index (χ4n) is 2.18. The molecule has 0 bridgehead atoms. The molecule has 0 saturated heterocycles. The van der Waals surface area contributed by atoms with E-state index in [-0.39, 0.29) is 18.3 Å². The zero-order chi connectivity index (χ0) is 17.2. The first-order valence-corrected chi connectivity index (χ1v) is 7.98. The number of rotatable bonds is 7. The summed E-state index contributed by atoms with van der Waals surface area (Å²) < 4.78 is 14.3. The number of allylic oxidation sites excluding steroid dienone is 4. The summed E-state index contributed by atoms with van der Waals surface area (Å²) in [6.07, 6.45) is 8.24. The van der Waals surface area contributed by atoms with Gasteiger partial charge < -0.3 is 10.8 Å². The summed E-state index contributed by atoms with van der Waals surface area (Å²) >= 11 is 0. The molecule has 0 fully saturated rings. The topological polar surface area (TPSA) is 71.0 Å². The van der Waals surface area contributed by atoms with Gasteiger partial charge in [0, 0.05) is 25.3 Å². The number of hydrogen-bond donors (Lipinski definition) is 2. The molecule has 3 N–H and O–H groups in total. The molecule has 1 aliphatic carbocycles. The van der Waals surface area contributed by atoms with E-state index in [1.807, 2.05) is 0 Å². The molecule has 0 aromatic carbocycles. The monoisotopic (exact) mass is 319 g/mol. The lowest BCUT2D eigenvalue weighted by Crippen LogP contribution is -2.14. The van der Waals surface area contributed by atoms with Gasteiger partial charge in [-0.05, 0) is 37.5 Å². The Labute approximate surface area is 137 Å². The van der Waals surface area contributed by atoms with Gasteiger partial charge in [-0.3, -0.25) is 9.98 Å². The molecule has 0 radical (unpaired) electrons. The number of nitrogens with zero attached hydrogens (tertiary/aromatic N) is 2. The molecule has 0 saturated carbocycles. The van der Waals surface area contributed by atoms with Gasteiger partial charge >= 0.3 is 0 Å². The number of halogens is 1. The first-order chi connectivity index (χ1) is 11.0. The highest BCUT2D eigenvalue weighted by Crippen LogP contribution is 2.25. The molecule has 0 spiro atoms. The van der Waals surface area contributed by atoms with Crippen LogP contribution in [0.3, 0.4) is 0 Å². The minimum atomic E-state index is -0.571. The maximum atomic E-state index is 14.3. The predicted molar refractivity (Wildman–Crippen MR) is 94.7 cm³/mol. The highest BCUT2D eigenvalue weighted by molar-refractivity contribution is 6.38. The summed E-state index contributed by atoms with van der Waals surface area (Å²) in [7, 11) is 1.61. The number of nitrogens with two attached hydrogens (primary N) is 1. The van der Waals surface area contributed by atoms with Crippen LogP contribution in [-0.4, -0.2) is 30.2 Å². The van der Waals surface area contributed by atoms with Crippen molar-refractivity contribution in [1.82, 2.24) is 0 Å². The second kappa shape index (κ2) is 9.93. The molecule has 23 heavy (non-hydrogen) atoms. The zero-order valence-electron chi connectivity index (χ0n) is 14.1. The van der Waals surface area contributed by atoms with Crippen molar-refractivity contribution in [2.75, 3.05) is 7.05 Å². The Hall–Kier alpha value is -1.97. The van der Waals surface area contributed by atoms with Crippen LogP contribution in [0, 0.1) is 0 Å². The summed E-state index contributed by atoms with van der Waals surface area (Å²) in [4.78, 5) is 8.19. The van der Waals surface area contributed by atoms with Gasteiger partial charge in [0.15, 0.2) is 5.76 Å². The molecule has 1 rings (SSSR count). The average Bonchev–Trinajstić information content (AvgIpc) is 2.51. The van der Waals surface area contributed by atoms with Crippen LogP contribution >= 0.6 is 0 Å². The number of aliphatic imine (C=N–C) groups is 2. The fraction of sp³-hybridized carbons (Fsp3) is 0.500. The van der Waals surface area contributed by atoms with Crippen LogP contribution in [0.25, 0.3) is 0 Å². The van der Waals surface area contributed by atoms with Crippen molar-refractivity contribution >= 4 is 11.9 Å². The number of aliphatic hydroxyl groups excluding tert-OH is 1. The molecule has 0 heterocycles. The molecular formula is C18H26FN3O. The van der Waals surface area contributed by atoms with Crippen molar-refractivity contribution in [2.45, 2.75) is 52.1 Å². The molecule has 5 heteroatoms. The summed E-state index contributed by atoms with van der Waals surface area (Å²) in [6.45, 7) is 3.84. The second-order valence-electron chi connectivity index (χ2n) is 5.50. The van der Waals surface area contributed by atoms with Crippen LogP contribution in [0.15, 0.2) is 50.6 Å². The van der Waals surface area contributed by atoms with E-state index in [9.17, 15) is 9.50 Å². The molecule has 0 aromatic rings. The van der Waals surface area contributed by atoms with Crippen LogP contribution in [0.2, 0.25) is 0 Å². The van der Waals surface area contributed by atoms with Crippen molar-refractivity contribution in [3.8, 4) is 0 Å². The lowest BCUT2D eigenvalue weighted by atomic mass is 9.99. The Kier molecular flexibility index (Phi) is 8.23. The first-order valence-electron chi connectivity index (χ1n) is 7.98. The van der Waals surface area contributed by atoms with Gasteiger partial charge in [-0.1, -0.05) is 19.8 Å². The highest BCUT2D eigenvalue weighted by Gasteiger charge is 2.16. The SMILES string of the molecule is CCCCCC1=C=C/C=C(C(/C=N\C(C)N)=N/C)\C/C(F)=C\1O. The van der Waals surface area contributed by atoms with Crippen LogP contribution < -0.4 is 5.73 Å². The molecule has 126 valence electrons. The Morgan fingerprint density at radius 3 is 2.87 bits per heavy atom. The maximum absolute atomic E-state index is 14.3. The van der Waals surface area contributed by atoms with Crippen molar-refractivity contribution < 1.29 is 9.50 Å². The third kappa shape index (κ3) is 6.35. The van der Waals surface area contributed by atoms with E-state index < -0.39 is 5.83 Å². The minimum Gasteiger partial charge on any atom is -0.504 e. The van der Waals surface area contributed by atoms with E-state index in [4.69, 9.17) is 5.73 Å². The summed E-state index contributed by atoms with van der Waals surface area (Å²) in [5, 5.41) is 10.1. The highest BCUT2D eigenvalue weighted by atomic mass is 19.1. The van der Waals surface area contributed by atoms with Gasteiger partial charge in [0.05, 0.1) is 11.9 Å². The third-order valence-corrected chi connectivity index (χ3v) is 3.46. The lowest BCUT2D eigenvalue weighted by molar-refractivity contribution is 0.382. The quantitative estimate of drug-likeness (QED) is 0.420. The van der Waals surface area contributed by atoms with E-state index in [2.05, 4.69) is 22.6 Å². The Morgan fingerprint density at radius 2 is 2.26 bits per heavy atom. The largest absolute Gasteiger partial charge is 0.504 e. The number of unbranched alkanes of at least 4 members (excludes halogenated alkanes) is 2. The van der Waals surface area contributed by atoms with E-state index in [1.165, 1.54) is 6.21 Å². The van der Waals surface area contributed by atoms with E-state index in [0.717, 1.165) is 19.3 Å². The summed E-state index contributed by atoms with van der Waals surface area (Å²) in [5.41, 5.74) is 10.2. The Morgan fingerprint density at radius 1 is 1.52 bits per heavy atom. The summed E-state index contributed by atoms with van der Waals surface area (Å²) in [5.74, 6) is -0.874. The summed E-state index contributed by atoms with van der Waals surface area (Å²) in [6, 6.07) is 0. The van der Waals surface area contributed by atoms with E-state index in [0.29, 0.717) is 23.3 Å². The molecule has 0 amide bonds. The lowest BCUT2D eigenvalue weighted by Gasteiger charge is -2.11. The Bertz CT molecular complexity index is 591. The standard InChI is InChI=1S/C18H26FN3O/c1-4-5-6-8-14-9-7-10-15(11-16(19)18(14)23)17(21-3)12-22-13(2)20/h7,10,12-13,23H,4-6,8,11,20H2,1-3H3/b15-10+,18-16-,21-17+,22-12-. The Balaban J connectivity index is 3.07. The normalized spacial score (nSPS) is 23.3. The molecule has 0 aliphatic heterocycles. The van der Waals surface area contributed by atoms with Crippen LogP contribution in [0.4, 0.5) is 4.39 Å². The first kappa shape index (κ1) is 19.1. The van der Waals surface area contributed by atoms with Gasteiger partial charge in [-0.25, -0.2) is 4.39 Å². The molecular weight excluding hydrogens is 293 g/mol. The predicted octanol–water partition coefficient (Wildman–Crippen LogP) is 4.16. The average molecular weight is 319 g/mol. The van der Waals surface area contributed by atoms with Crippen LogP contribution in [0.5, 0.6) is 0 Å². The third-order valence-electron chi connectivity index (χ3n) is 3.46. The number of aliphatic hydroxyl groups is 1. The minimum absolute atomic E-state index is 0.0288. The zero-order valence-corrected chi connectivity index (χ0v) is 14.1. The van der Waals surface area contributed by atoms with Crippen LogP contribution in [0.1, 0.15) is 46.0 Å². The smallest absolute Gasteiger partial charge is 0.158 e. The molecule has 1 unspecified atom stereocenters. The van der Waals surface area contributed by atoms with Crippen molar-refractivity contribution in [2.24, 2.45) is 15.7 Å². The maximum Gasteiger partial charge on any atom is 0.158 e. The molecule has 1 atom stereocenters. The van der Waals surface area contributed by atoms with Gasteiger partial charge in [-0.2, -0.15) is 0 Å². The van der Waals surface area contributed by atoms with Crippen molar-refractivity contribution in [3.05, 3.63) is 40.6 Å². The van der Waals surface area contributed by atoms with Crippen LogP contribution in [-0.2, 0) is 0 Å². The van der Waals surface area contributed by atoms with Gasteiger partial charge in [-0.15, -0.1) is 5.73 Å². The van der Waals surface area contributed by atoms with E-state index in [1.54, 1.807) is 26.1 Å². The second-order valence-corrected chi connectivity index (χ2v) is 5.50. The molecule has 1 aliphatic rings. The fourth-order valence-corrected chi connectivity index (χ4v) is 2.18. The van der Waals surface area contributed by atoms with Gasteiger partial charge in [0.2, 0.25) is 0 Å². The van der Waals surface area contributed by atoms with Gasteiger partial charge in [0.25, 0.3) is 0 Å². The van der Waals surface area contributed by atoms with Crippen molar-refractivity contribution in [1.29, 1.82) is 0 Å².